The predicted octanol–water partition coefficient (Wildman–Crippen LogP) is 1.92. The Morgan fingerprint density at radius 2 is 2.00 bits per heavy atom. The van der Waals surface area contributed by atoms with Gasteiger partial charge in [-0.3, -0.25) is 4.79 Å². The largest absolute Gasteiger partial charge is 0.330 e. The SMILES string of the molecule is Cc1ccc(CCc2nnc(NC(=O)CCN)s2)cc1. The van der Waals surface area contributed by atoms with Gasteiger partial charge in [0.1, 0.15) is 5.01 Å². The molecule has 1 aromatic carbocycles. The van der Waals surface area contributed by atoms with Crippen LogP contribution in [0.4, 0.5) is 5.13 Å². The summed E-state index contributed by atoms with van der Waals surface area (Å²) in [6.45, 7) is 2.41. The summed E-state index contributed by atoms with van der Waals surface area (Å²) < 4.78 is 0. The van der Waals surface area contributed by atoms with E-state index in [0.29, 0.717) is 18.1 Å². The first-order chi connectivity index (χ1) is 9.67. The fraction of sp³-hybridized carbons (Fsp3) is 0.357. The lowest BCUT2D eigenvalue weighted by molar-refractivity contribution is -0.116. The van der Waals surface area contributed by atoms with E-state index in [2.05, 4.69) is 46.7 Å². The number of anilines is 1. The molecular formula is C14H18N4OS. The van der Waals surface area contributed by atoms with Gasteiger partial charge < -0.3 is 11.1 Å². The first-order valence-electron chi connectivity index (χ1n) is 6.55. The van der Waals surface area contributed by atoms with Crippen molar-refractivity contribution in [3.63, 3.8) is 0 Å². The molecule has 1 aromatic heterocycles. The molecule has 3 N–H and O–H groups in total. The van der Waals surface area contributed by atoms with Gasteiger partial charge in [0, 0.05) is 19.4 Å². The van der Waals surface area contributed by atoms with E-state index in [-0.39, 0.29) is 5.91 Å². The molecule has 20 heavy (non-hydrogen) atoms. The number of carbonyl (C=O) groups excluding carboxylic acids is 1. The lowest BCUT2D eigenvalue weighted by Crippen LogP contribution is -2.15. The number of amides is 1. The molecule has 0 unspecified atom stereocenters. The molecule has 0 fully saturated rings. The number of nitrogens with two attached hydrogens (primary N) is 1. The molecule has 0 aliphatic heterocycles. The van der Waals surface area contributed by atoms with Crippen molar-refractivity contribution in [3.8, 4) is 0 Å². The zero-order valence-electron chi connectivity index (χ0n) is 11.4. The van der Waals surface area contributed by atoms with E-state index in [0.717, 1.165) is 17.8 Å². The monoisotopic (exact) mass is 290 g/mol. The average molecular weight is 290 g/mol. The minimum atomic E-state index is -0.117. The highest BCUT2D eigenvalue weighted by Crippen LogP contribution is 2.17. The van der Waals surface area contributed by atoms with E-state index in [9.17, 15) is 4.79 Å². The average Bonchev–Trinajstić information content (AvgIpc) is 2.86. The van der Waals surface area contributed by atoms with Crippen LogP contribution in [-0.4, -0.2) is 22.6 Å². The van der Waals surface area contributed by atoms with E-state index < -0.39 is 0 Å². The van der Waals surface area contributed by atoms with Crippen LogP contribution in [0.1, 0.15) is 22.6 Å². The van der Waals surface area contributed by atoms with Crippen molar-refractivity contribution in [2.75, 3.05) is 11.9 Å². The van der Waals surface area contributed by atoms with Gasteiger partial charge in [-0.25, -0.2) is 0 Å². The molecule has 0 aliphatic rings. The Bertz CT molecular complexity index is 565. The van der Waals surface area contributed by atoms with Crippen molar-refractivity contribution in [3.05, 3.63) is 40.4 Å². The highest BCUT2D eigenvalue weighted by atomic mass is 32.1. The smallest absolute Gasteiger partial charge is 0.227 e. The van der Waals surface area contributed by atoms with Crippen molar-refractivity contribution >= 4 is 22.4 Å². The summed E-state index contributed by atoms with van der Waals surface area (Å²) in [5.41, 5.74) is 7.85. The minimum Gasteiger partial charge on any atom is -0.330 e. The van der Waals surface area contributed by atoms with Crippen LogP contribution in [0.3, 0.4) is 0 Å². The molecule has 1 amide bonds. The number of nitrogens with zero attached hydrogens (tertiary/aromatic N) is 2. The van der Waals surface area contributed by atoms with E-state index in [4.69, 9.17) is 5.73 Å². The summed E-state index contributed by atoms with van der Waals surface area (Å²) in [4.78, 5) is 11.4. The lowest BCUT2D eigenvalue weighted by atomic mass is 10.1. The number of carbonyl (C=O) groups is 1. The summed E-state index contributed by atoms with van der Waals surface area (Å²) in [6, 6.07) is 8.46. The van der Waals surface area contributed by atoms with Gasteiger partial charge in [-0.1, -0.05) is 41.2 Å². The third-order valence-electron chi connectivity index (χ3n) is 2.83. The number of aryl methyl sites for hydroxylation is 3. The van der Waals surface area contributed by atoms with Crippen molar-refractivity contribution in [1.29, 1.82) is 0 Å². The molecule has 106 valence electrons. The summed E-state index contributed by atoms with van der Waals surface area (Å²) in [5.74, 6) is -0.117. The molecule has 6 heteroatoms. The number of hydrogen-bond donors (Lipinski definition) is 2. The molecule has 5 nitrogen and oxygen atoms in total. The molecule has 0 atom stereocenters. The maximum absolute atomic E-state index is 11.4. The number of rotatable bonds is 6. The van der Waals surface area contributed by atoms with Crippen molar-refractivity contribution < 1.29 is 4.79 Å². The van der Waals surface area contributed by atoms with Crippen LogP contribution in [0.25, 0.3) is 0 Å². The van der Waals surface area contributed by atoms with Gasteiger partial charge >= 0.3 is 0 Å². The maximum atomic E-state index is 11.4. The van der Waals surface area contributed by atoms with E-state index in [1.165, 1.54) is 22.5 Å². The van der Waals surface area contributed by atoms with Gasteiger partial charge in [0.2, 0.25) is 11.0 Å². The maximum Gasteiger partial charge on any atom is 0.227 e. The second kappa shape index (κ2) is 7.12. The Balaban J connectivity index is 1.86. The fourth-order valence-corrected chi connectivity index (χ4v) is 2.48. The molecule has 0 radical (unpaired) electrons. The van der Waals surface area contributed by atoms with Crippen molar-refractivity contribution in [2.24, 2.45) is 5.73 Å². The Hall–Kier alpha value is -1.79. The van der Waals surface area contributed by atoms with Crippen LogP contribution in [0.2, 0.25) is 0 Å². The molecule has 1 heterocycles. The van der Waals surface area contributed by atoms with Crippen LogP contribution >= 0.6 is 11.3 Å². The van der Waals surface area contributed by atoms with Crippen LogP contribution in [0.15, 0.2) is 24.3 Å². The standard InChI is InChI=1S/C14H18N4OS/c1-10-2-4-11(5-3-10)6-7-13-17-18-14(20-13)16-12(19)8-9-15/h2-5H,6-9,15H2,1H3,(H,16,18,19). The van der Waals surface area contributed by atoms with Crippen LogP contribution in [-0.2, 0) is 17.6 Å². The molecule has 0 bridgehead atoms. The summed E-state index contributed by atoms with van der Waals surface area (Å²) in [5, 5.41) is 12.2. The van der Waals surface area contributed by atoms with Crippen LogP contribution in [0, 0.1) is 6.92 Å². The quantitative estimate of drug-likeness (QED) is 0.851. The molecule has 0 spiro atoms. The summed E-state index contributed by atoms with van der Waals surface area (Å²) in [6.07, 6.45) is 2.05. The van der Waals surface area contributed by atoms with E-state index >= 15 is 0 Å². The van der Waals surface area contributed by atoms with Crippen molar-refractivity contribution in [2.45, 2.75) is 26.2 Å². The van der Waals surface area contributed by atoms with Gasteiger partial charge in [-0.05, 0) is 18.9 Å². The van der Waals surface area contributed by atoms with Gasteiger partial charge in [-0.15, -0.1) is 10.2 Å². The first kappa shape index (κ1) is 14.6. The summed E-state index contributed by atoms with van der Waals surface area (Å²) >= 11 is 1.41. The Morgan fingerprint density at radius 3 is 2.70 bits per heavy atom. The molecule has 2 rings (SSSR count). The molecule has 0 aliphatic carbocycles. The molecule has 2 aromatic rings. The Labute approximate surface area is 122 Å². The third kappa shape index (κ3) is 4.40. The molecular weight excluding hydrogens is 272 g/mol. The van der Waals surface area contributed by atoms with E-state index in [1.54, 1.807) is 0 Å². The Kier molecular flexibility index (Phi) is 5.20. The van der Waals surface area contributed by atoms with Gasteiger partial charge in [0.15, 0.2) is 0 Å². The molecule has 0 saturated carbocycles. The summed E-state index contributed by atoms with van der Waals surface area (Å²) in [7, 11) is 0. The fourth-order valence-electron chi connectivity index (χ4n) is 1.72. The third-order valence-corrected chi connectivity index (χ3v) is 3.73. The number of nitrogens with one attached hydrogen (secondary N) is 1. The second-order valence-electron chi connectivity index (χ2n) is 4.57. The zero-order valence-corrected chi connectivity index (χ0v) is 12.2. The highest BCUT2D eigenvalue weighted by Gasteiger charge is 2.07. The lowest BCUT2D eigenvalue weighted by Gasteiger charge is -1.99. The van der Waals surface area contributed by atoms with Crippen LogP contribution in [0.5, 0.6) is 0 Å². The normalized spacial score (nSPS) is 10.5. The van der Waals surface area contributed by atoms with Gasteiger partial charge in [-0.2, -0.15) is 0 Å². The van der Waals surface area contributed by atoms with Gasteiger partial charge in [0.25, 0.3) is 0 Å². The second-order valence-corrected chi connectivity index (χ2v) is 5.64. The van der Waals surface area contributed by atoms with Crippen LogP contribution < -0.4 is 11.1 Å². The minimum absolute atomic E-state index is 0.117. The highest BCUT2D eigenvalue weighted by molar-refractivity contribution is 7.15. The number of aromatic nitrogens is 2. The predicted molar refractivity (Wildman–Crippen MR) is 80.8 cm³/mol. The first-order valence-corrected chi connectivity index (χ1v) is 7.37. The zero-order chi connectivity index (χ0) is 14.4. The van der Waals surface area contributed by atoms with E-state index in [1.807, 2.05) is 0 Å². The Morgan fingerprint density at radius 1 is 1.25 bits per heavy atom. The topological polar surface area (TPSA) is 80.9 Å². The van der Waals surface area contributed by atoms with Crippen molar-refractivity contribution in [1.82, 2.24) is 10.2 Å². The molecule has 0 saturated heterocycles. The van der Waals surface area contributed by atoms with Gasteiger partial charge in [0.05, 0.1) is 0 Å². The number of hydrogen-bond acceptors (Lipinski definition) is 5. The number of benzene rings is 1.